The quantitative estimate of drug-likeness (QED) is 0.726. The first-order valence-electron chi connectivity index (χ1n) is 6.28. The molecule has 104 valence electrons. The third kappa shape index (κ3) is 3.15. The lowest BCUT2D eigenvalue weighted by molar-refractivity contribution is 0.439. The van der Waals surface area contributed by atoms with E-state index in [1.54, 1.807) is 18.2 Å². The highest BCUT2D eigenvalue weighted by molar-refractivity contribution is 7.80. The Bertz CT molecular complexity index is 748. The van der Waals surface area contributed by atoms with Crippen LogP contribution in [0.25, 0.3) is 6.08 Å². The maximum atomic E-state index is 5.85. The summed E-state index contributed by atoms with van der Waals surface area (Å²) in [5, 5.41) is 1.05. The summed E-state index contributed by atoms with van der Waals surface area (Å²) >= 11 is 11.1. The van der Waals surface area contributed by atoms with Crippen molar-refractivity contribution in [3.63, 3.8) is 0 Å². The predicted octanol–water partition coefficient (Wildman–Crippen LogP) is 5.01. The van der Waals surface area contributed by atoms with Crippen molar-refractivity contribution in [1.82, 2.24) is 0 Å². The van der Waals surface area contributed by atoms with Crippen LogP contribution >= 0.6 is 23.8 Å². The Morgan fingerprint density at radius 3 is 2.62 bits per heavy atom. The van der Waals surface area contributed by atoms with E-state index >= 15 is 0 Å². The van der Waals surface area contributed by atoms with Crippen molar-refractivity contribution in [3.8, 4) is 11.5 Å². The molecular weight excluding hydrogens is 304 g/mol. The summed E-state index contributed by atoms with van der Waals surface area (Å²) in [4.78, 5) is 0. The lowest BCUT2D eigenvalue weighted by Crippen LogP contribution is -2.07. The molecule has 21 heavy (non-hydrogen) atoms. The Morgan fingerprint density at radius 2 is 1.86 bits per heavy atom. The minimum Gasteiger partial charge on any atom is -0.457 e. The molecule has 1 aliphatic heterocycles. The summed E-state index contributed by atoms with van der Waals surface area (Å²) in [5.41, 5.74) is 1.78. The van der Waals surface area contributed by atoms with Crippen molar-refractivity contribution in [1.29, 1.82) is 0 Å². The van der Waals surface area contributed by atoms with Gasteiger partial charge in [-0.05, 0) is 60.8 Å². The first-order chi connectivity index (χ1) is 10.1. The van der Waals surface area contributed by atoms with Crippen LogP contribution in [0.2, 0.25) is 5.02 Å². The van der Waals surface area contributed by atoms with E-state index in [2.05, 4.69) is 6.58 Å². The van der Waals surface area contributed by atoms with E-state index in [4.69, 9.17) is 33.3 Å². The first-order valence-corrected chi connectivity index (χ1v) is 7.07. The zero-order chi connectivity index (χ0) is 14.8. The van der Waals surface area contributed by atoms with Crippen molar-refractivity contribution in [2.45, 2.75) is 0 Å². The van der Waals surface area contributed by atoms with E-state index in [1.807, 2.05) is 36.4 Å². The topological polar surface area (TPSA) is 18.5 Å². The molecule has 3 rings (SSSR count). The molecular formula is C17H11ClO2S. The van der Waals surface area contributed by atoms with Crippen molar-refractivity contribution in [2.75, 3.05) is 0 Å². The van der Waals surface area contributed by atoms with Crippen LogP contribution in [0, 0.1) is 0 Å². The highest BCUT2D eigenvalue weighted by Crippen LogP contribution is 2.31. The molecule has 1 heterocycles. The van der Waals surface area contributed by atoms with Gasteiger partial charge < -0.3 is 9.47 Å². The highest BCUT2D eigenvalue weighted by Gasteiger charge is 2.11. The van der Waals surface area contributed by atoms with E-state index in [1.165, 1.54) is 0 Å². The zero-order valence-corrected chi connectivity index (χ0v) is 12.6. The van der Waals surface area contributed by atoms with Gasteiger partial charge in [-0.15, -0.1) is 0 Å². The number of ether oxygens (including phenoxy) is 2. The third-order valence-electron chi connectivity index (χ3n) is 2.97. The van der Waals surface area contributed by atoms with Gasteiger partial charge >= 0.3 is 0 Å². The fraction of sp³-hybridized carbons (Fsp3) is 0. The summed E-state index contributed by atoms with van der Waals surface area (Å²) in [6, 6.07) is 12.8. The largest absolute Gasteiger partial charge is 0.457 e. The van der Waals surface area contributed by atoms with E-state index < -0.39 is 0 Å². The number of thiocarbonyl (C=S) groups is 1. The number of allylic oxidation sites excluding steroid dienone is 1. The summed E-state index contributed by atoms with van der Waals surface area (Å²) in [5.74, 6) is 1.93. The van der Waals surface area contributed by atoms with Gasteiger partial charge in [-0.2, -0.15) is 0 Å². The molecule has 0 amide bonds. The maximum Gasteiger partial charge on any atom is 0.198 e. The minimum absolute atomic E-state index is 0.386. The summed E-state index contributed by atoms with van der Waals surface area (Å²) in [6.45, 7) is 3.77. The Balaban J connectivity index is 1.81. The zero-order valence-electron chi connectivity index (χ0n) is 11.0. The number of hydrogen-bond acceptors (Lipinski definition) is 3. The summed E-state index contributed by atoms with van der Waals surface area (Å²) in [6.07, 6.45) is 3.77. The smallest absolute Gasteiger partial charge is 0.198 e. The highest BCUT2D eigenvalue weighted by atomic mass is 35.5. The minimum atomic E-state index is 0.386. The molecule has 0 aliphatic carbocycles. The van der Waals surface area contributed by atoms with Crippen LogP contribution in [-0.4, -0.2) is 5.05 Å². The average molecular weight is 315 g/mol. The fourth-order valence-electron chi connectivity index (χ4n) is 1.91. The molecule has 0 N–H and O–H groups in total. The van der Waals surface area contributed by atoms with Crippen LogP contribution < -0.4 is 9.47 Å². The average Bonchev–Trinajstić information content (AvgIpc) is 2.47. The van der Waals surface area contributed by atoms with E-state index in [9.17, 15) is 0 Å². The van der Waals surface area contributed by atoms with Gasteiger partial charge in [0, 0.05) is 22.2 Å². The summed E-state index contributed by atoms with van der Waals surface area (Å²) < 4.78 is 11.2. The molecule has 0 atom stereocenters. The molecule has 2 aromatic carbocycles. The van der Waals surface area contributed by atoms with Crippen LogP contribution in [0.5, 0.6) is 11.5 Å². The van der Waals surface area contributed by atoms with Gasteiger partial charge in [-0.3, -0.25) is 0 Å². The molecule has 0 aromatic heterocycles. The Labute approximate surface area is 133 Å². The standard InChI is InChI=1S/C17H11ClO2S/c1-11-2-3-12-6-9-15(10-16(12)19-11)20-17(21)13-4-7-14(18)8-5-13/h2-10H,1H2. The molecule has 0 saturated carbocycles. The van der Waals surface area contributed by atoms with Crippen LogP contribution in [0.15, 0.2) is 60.9 Å². The predicted molar refractivity (Wildman–Crippen MR) is 89.0 cm³/mol. The van der Waals surface area contributed by atoms with Gasteiger partial charge in [0.05, 0.1) is 0 Å². The molecule has 0 fully saturated rings. The number of fused-ring (bicyclic) bond motifs is 1. The molecule has 0 bridgehead atoms. The van der Waals surface area contributed by atoms with Crippen molar-refractivity contribution >= 4 is 34.9 Å². The van der Waals surface area contributed by atoms with Gasteiger partial charge in [0.2, 0.25) is 0 Å². The molecule has 0 spiro atoms. The number of benzene rings is 2. The molecule has 0 unspecified atom stereocenters. The Hall–Kier alpha value is -2.10. The van der Waals surface area contributed by atoms with Crippen molar-refractivity contribution in [3.05, 3.63) is 77.0 Å². The summed E-state index contributed by atoms with van der Waals surface area (Å²) in [7, 11) is 0. The van der Waals surface area contributed by atoms with Gasteiger partial charge in [0.1, 0.15) is 17.3 Å². The first kappa shape index (κ1) is 13.9. The van der Waals surface area contributed by atoms with Gasteiger partial charge in [-0.1, -0.05) is 18.2 Å². The second kappa shape index (κ2) is 5.72. The second-order valence-corrected chi connectivity index (χ2v) is 5.30. The van der Waals surface area contributed by atoms with E-state index in [0.717, 1.165) is 11.1 Å². The van der Waals surface area contributed by atoms with E-state index in [0.29, 0.717) is 27.3 Å². The van der Waals surface area contributed by atoms with Crippen LogP contribution in [0.3, 0.4) is 0 Å². The lowest BCUT2D eigenvalue weighted by atomic mass is 10.1. The molecule has 2 nitrogen and oxygen atoms in total. The molecule has 0 saturated heterocycles. The lowest BCUT2D eigenvalue weighted by Gasteiger charge is -2.15. The van der Waals surface area contributed by atoms with Crippen LogP contribution in [-0.2, 0) is 0 Å². The third-order valence-corrected chi connectivity index (χ3v) is 3.54. The molecule has 1 aliphatic rings. The Morgan fingerprint density at radius 1 is 1.10 bits per heavy atom. The molecule has 2 aromatic rings. The SMILES string of the molecule is C=C1C=Cc2ccc(OC(=S)c3ccc(Cl)cc3)cc2O1. The Kier molecular flexibility index (Phi) is 3.78. The van der Waals surface area contributed by atoms with E-state index in [-0.39, 0.29) is 0 Å². The number of hydrogen-bond donors (Lipinski definition) is 0. The number of rotatable bonds is 2. The van der Waals surface area contributed by atoms with Crippen molar-refractivity contribution in [2.24, 2.45) is 0 Å². The van der Waals surface area contributed by atoms with Gasteiger partial charge in [0.25, 0.3) is 0 Å². The van der Waals surface area contributed by atoms with Crippen LogP contribution in [0.4, 0.5) is 0 Å². The van der Waals surface area contributed by atoms with Crippen molar-refractivity contribution < 1.29 is 9.47 Å². The monoisotopic (exact) mass is 314 g/mol. The molecule has 0 radical (unpaired) electrons. The van der Waals surface area contributed by atoms with Crippen LogP contribution in [0.1, 0.15) is 11.1 Å². The van der Waals surface area contributed by atoms with Gasteiger partial charge in [-0.25, -0.2) is 0 Å². The molecule has 4 heteroatoms. The fourth-order valence-corrected chi connectivity index (χ4v) is 2.27. The second-order valence-electron chi connectivity index (χ2n) is 4.50. The van der Waals surface area contributed by atoms with Gasteiger partial charge in [0.15, 0.2) is 5.05 Å². The normalized spacial score (nSPS) is 12.5. The number of halogens is 1. The maximum absolute atomic E-state index is 5.85.